The molecule has 0 aliphatic carbocycles. The van der Waals surface area contributed by atoms with Gasteiger partial charge >= 0.3 is 0 Å². The number of H-pyrrole nitrogens is 1. The van der Waals surface area contributed by atoms with Crippen LogP contribution in [0.4, 0.5) is 11.5 Å². The van der Waals surface area contributed by atoms with Crippen LogP contribution in [-0.2, 0) is 0 Å². The van der Waals surface area contributed by atoms with Gasteiger partial charge in [-0.1, -0.05) is 18.2 Å². The number of anilines is 2. The predicted molar refractivity (Wildman–Crippen MR) is 103 cm³/mol. The lowest BCUT2D eigenvalue weighted by Crippen LogP contribution is -2.11. The maximum atomic E-state index is 12.2. The molecule has 4 rings (SSSR count). The largest absolute Gasteiger partial charge is 0.373 e. The van der Waals surface area contributed by atoms with Crippen molar-refractivity contribution in [3.8, 4) is 11.4 Å². The SMILES string of the molecule is CNc1cc2nc(-c3ccc(NC(=O)c4ccccc4)cc3)[nH]c2cn1. The number of rotatable bonds is 4. The smallest absolute Gasteiger partial charge is 0.255 e. The van der Waals surface area contributed by atoms with Crippen molar-refractivity contribution in [3.63, 3.8) is 0 Å². The first kappa shape index (κ1) is 15.8. The highest BCUT2D eigenvalue weighted by atomic mass is 16.1. The highest BCUT2D eigenvalue weighted by Crippen LogP contribution is 2.23. The average Bonchev–Trinajstić information content (AvgIpc) is 3.12. The van der Waals surface area contributed by atoms with Crippen LogP contribution in [0.1, 0.15) is 10.4 Å². The second kappa shape index (κ2) is 6.68. The van der Waals surface area contributed by atoms with Crippen LogP contribution in [0.15, 0.2) is 66.9 Å². The molecule has 4 aromatic rings. The average molecular weight is 343 g/mol. The number of fused-ring (bicyclic) bond motifs is 1. The van der Waals surface area contributed by atoms with Gasteiger partial charge in [-0.15, -0.1) is 0 Å². The van der Waals surface area contributed by atoms with E-state index in [9.17, 15) is 4.79 Å². The minimum Gasteiger partial charge on any atom is -0.373 e. The zero-order valence-electron chi connectivity index (χ0n) is 14.2. The molecule has 0 aliphatic heterocycles. The van der Waals surface area contributed by atoms with E-state index in [1.165, 1.54) is 0 Å². The van der Waals surface area contributed by atoms with Crippen molar-refractivity contribution in [2.24, 2.45) is 0 Å². The number of nitrogens with zero attached hydrogens (tertiary/aromatic N) is 2. The Morgan fingerprint density at radius 3 is 2.54 bits per heavy atom. The van der Waals surface area contributed by atoms with E-state index in [4.69, 9.17) is 0 Å². The summed E-state index contributed by atoms with van der Waals surface area (Å²) >= 11 is 0. The third kappa shape index (κ3) is 3.12. The van der Waals surface area contributed by atoms with E-state index in [-0.39, 0.29) is 5.91 Å². The van der Waals surface area contributed by atoms with Gasteiger partial charge in [0.2, 0.25) is 0 Å². The molecule has 128 valence electrons. The van der Waals surface area contributed by atoms with E-state index >= 15 is 0 Å². The Bertz CT molecular complexity index is 1050. The topological polar surface area (TPSA) is 82.7 Å². The van der Waals surface area contributed by atoms with Gasteiger partial charge in [-0.3, -0.25) is 4.79 Å². The molecule has 0 fully saturated rings. The highest BCUT2D eigenvalue weighted by Gasteiger charge is 2.08. The maximum absolute atomic E-state index is 12.2. The van der Waals surface area contributed by atoms with E-state index in [0.29, 0.717) is 5.56 Å². The normalized spacial score (nSPS) is 10.7. The van der Waals surface area contributed by atoms with Crippen LogP contribution in [0.2, 0.25) is 0 Å². The van der Waals surface area contributed by atoms with Crippen LogP contribution in [0.25, 0.3) is 22.4 Å². The molecule has 6 nitrogen and oxygen atoms in total. The molecule has 1 amide bonds. The molecule has 3 N–H and O–H groups in total. The number of aromatic nitrogens is 3. The zero-order valence-corrected chi connectivity index (χ0v) is 14.2. The number of hydrogen-bond donors (Lipinski definition) is 3. The molecule has 0 saturated carbocycles. The number of aromatic amines is 1. The van der Waals surface area contributed by atoms with Crippen molar-refractivity contribution in [1.82, 2.24) is 15.0 Å². The summed E-state index contributed by atoms with van der Waals surface area (Å²) in [7, 11) is 1.82. The predicted octanol–water partition coefficient (Wildman–Crippen LogP) is 3.92. The molecular weight excluding hydrogens is 326 g/mol. The lowest BCUT2D eigenvalue weighted by Gasteiger charge is -2.05. The summed E-state index contributed by atoms with van der Waals surface area (Å²) in [5.74, 6) is 1.40. The Kier molecular flexibility index (Phi) is 4.07. The molecule has 0 aliphatic rings. The Morgan fingerprint density at radius 2 is 1.81 bits per heavy atom. The van der Waals surface area contributed by atoms with Crippen molar-refractivity contribution in [1.29, 1.82) is 0 Å². The summed E-state index contributed by atoms with van der Waals surface area (Å²) in [5.41, 5.74) is 4.02. The van der Waals surface area contributed by atoms with E-state index in [2.05, 4.69) is 25.6 Å². The fraction of sp³-hybridized carbons (Fsp3) is 0.0500. The zero-order chi connectivity index (χ0) is 17.9. The third-order valence-corrected chi connectivity index (χ3v) is 4.08. The van der Waals surface area contributed by atoms with Crippen molar-refractivity contribution in [2.45, 2.75) is 0 Å². The van der Waals surface area contributed by atoms with Gasteiger partial charge in [0.15, 0.2) is 0 Å². The van der Waals surface area contributed by atoms with E-state index in [0.717, 1.165) is 33.9 Å². The summed E-state index contributed by atoms with van der Waals surface area (Å²) in [6.45, 7) is 0. The first-order chi connectivity index (χ1) is 12.7. The van der Waals surface area contributed by atoms with Gasteiger partial charge in [-0.05, 0) is 36.4 Å². The molecule has 0 unspecified atom stereocenters. The molecule has 0 saturated heterocycles. The van der Waals surface area contributed by atoms with Crippen LogP contribution in [0.5, 0.6) is 0 Å². The Balaban J connectivity index is 1.55. The van der Waals surface area contributed by atoms with Crippen LogP contribution < -0.4 is 10.6 Å². The van der Waals surface area contributed by atoms with Crippen molar-refractivity contribution < 1.29 is 4.79 Å². The minimum absolute atomic E-state index is 0.132. The van der Waals surface area contributed by atoms with Gasteiger partial charge in [0.1, 0.15) is 11.6 Å². The van der Waals surface area contributed by atoms with Gasteiger partial charge in [0.25, 0.3) is 5.91 Å². The number of nitrogens with one attached hydrogen (secondary N) is 3. The molecule has 0 radical (unpaired) electrons. The molecule has 6 heteroatoms. The van der Waals surface area contributed by atoms with Gasteiger partial charge in [-0.2, -0.15) is 0 Å². The summed E-state index contributed by atoms with van der Waals surface area (Å²) in [5, 5.41) is 5.89. The number of amides is 1. The van der Waals surface area contributed by atoms with Crippen LogP contribution >= 0.6 is 0 Å². The van der Waals surface area contributed by atoms with Crippen molar-refractivity contribution in [2.75, 3.05) is 17.7 Å². The highest BCUT2D eigenvalue weighted by molar-refractivity contribution is 6.04. The van der Waals surface area contributed by atoms with Crippen LogP contribution in [0.3, 0.4) is 0 Å². The van der Waals surface area contributed by atoms with Crippen LogP contribution in [0, 0.1) is 0 Å². The van der Waals surface area contributed by atoms with Gasteiger partial charge < -0.3 is 15.6 Å². The summed E-state index contributed by atoms with van der Waals surface area (Å²) in [6, 6.07) is 18.6. The van der Waals surface area contributed by atoms with Crippen molar-refractivity contribution in [3.05, 3.63) is 72.4 Å². The minimum atomic E-state index is -0.132. The molecule has 0 bridgehead atoms. The molecule has 2 heterocycles. The van der Waals surface area contributed by atoms with E-state index in [1.54, 1.807) is 18.3 Å². The Hall–Kier alpha value is -3.67. The van der Waals surface area contributed by atoms with Gasteiger partial charge in [0.05, 0.1) is 17.2 Å². The number of carbonyl (C=O) groups is 1. The number of benzene rings is 2. The summed E-state index contributed by atoms with van der Waals surface area (Å²) in [6.07, 6.45) is 1.76. The quantitative estimate of drug-likeness (QED) is 0.524. The Morgan fingerprint density at radius 1 is 1.04 bits per heavy atom. The molecule has 0 spiro atoms. The maximum Gasteiger partial charge on any atom is 0.255 e. The standard InChI is InChI=1S/C20H17N5O/c1-21-18-11-16-17(12-22-18)25-19(24-16)13-7-9-15(10-8-13)23-20(26)14-5-3-2-4-6-14/h2-12H,1H3,(H,21,22)(H,23,26)(H,24,25). The molecule has 2 aromatic carbocycles. The van der Waals surface area contributed by atoms with Crippen LogP contribution in [-0.4, -0.2) is 27.9 Å². The second-order valence-corrected chi connectivity index (χ2v) is 5.82. The molecule has 26 heavy (non-hydrogen) atoms. The number of pyridine rings is 1. The fourth-order valence-electron chi connectivity index (χ4n) is 2.69. The Labute approximate surface area is 150 Å². The first-order valence-electron chi connectivity index (χ1n) is 8.23. The lowest BCUT2D eigenvalue weighted by molar-refractivity contribution is 0.102. The summed E-state index contributed by atoms with van der Waals surface area (Å²) in [4.78, 5) is 24.3. The number of imidazole rings is 1. The molecule has 0 atom stereocenters. The molecule has 2 aromatic heterocycles. The molecular formula is C20H17N5O. The fourth-order valence-corrected chi connectivity index (χ4v) is 2.69. The lowest BCUT2D eigenvalue weighted by atomic mass is 10.1. The number of carbonyl (C=O) groups excluding carboxylic acids is 1. The third-order valence-electron chi connectivity index (χ3n) is 4.08. The summed E-state index contributed by atoms with van der Waals surface area (Å²) < 4.78 is 0. The van der Waals surface area contributed by atoms with Gasteiger partial charge in [-0.25, -0.2) is 9.97 Å². The number of hydrogen-bond acceptors (Lipinski definition) is 4. The monoisotopic (exact) mass is 343 g/mol. The van der Waals surface area contributed by atoms with E-state index < -0.39 is 0 Å². The first-order valence-corrected chi connectivity index (χ1v) is 8.23. The van der Waals surface area contributed by atoms with E-state index in [1.807, 2.05) is 55.6 Å². The second-order valence-electron chi connectivity index (χ2n) is 5.82. The van der Waals surface area contributed by atoms with Gasteiger partial charge in [0, 0.05) is 29.9 Å². The van der Waals surface area contributed by atoms with Crippen molar-refractivity contribution >= 4 is 28.4 Å².